The smallest absolute Gasteiger partial charge is 0.234 e. The molecule has 0 amide bonds. The Balaban J connectivity index is 1.75. The highest BCUT2D eigenvalue weighted by Gasteiger charge is 2.17. The van der Waals surface area contributed by atoms with E-state index in [0.717, 1.165) is 41.7 Å². The minimum absolute atomic E-state index is 0.869. The van der Waals surface area contributed by atoms with Gasteiger partial charge in [0.2, 0.25) is 4.96 Å². The van der Waals surface area contributed by atoms with Gasteiger partial charge in [-0.3, -0.25) is 4.90 Å². The highest BCUT2D eigenvalue weighted by Crippen LogP contribution is 2.26. The van der Waals surface area contributed by atoms with E-state index >= 15 is 0 Å². The van der Waals surface area contributed by atoms with Crippen LogP contribution >= 0.6 is 11.3 Å². The zero-order chi connectivity index (χ0) is 13.9. The lowest BCUT2D eigenvalue weighted by Gasteiger charge is -2.25. The molecule has 20 heavy (non-hydrogen) atoms. The van der Waals surface area contributed by atoms with Gasteiger partial charge in [-0.25, -0.2) is 0 Å². The van der Waals surface area contributed by atoms with E-state index in [1.807, 2.05) is 4.52 Å². The fourth-order valence-corrected chi connectivity index (χ4v) is 3.42. The van der Waals surface area contributed by atoms with Crippen LogP contribution in [-0.2, 0) is 6.42 Å². The molecule has 3 rings (SSSR count). The Hall–Kier alpha value is -1.27. The first-order valence-corrected chi connectivity index (χ1v) is 8.26. The molecule has 108 valence electrons. The third-order valence-corrected chi connectivity index (χ3v) is 4.74. The van der Waals surface area contributed by atoms with Gasteiger partial charge in [-0.1, -0.05) is 37.7 Å². The summed E-state index contributed by atoms with van der Waals surface area (Å²) >= 11 is 1.65. The number of hydrogen-bond donors (Lipinski definition) is 0. The second-order valence-electron chi connectivity index (χ2n) is 5.20. The van der Waals surface area contributed by atoms with Crippen molar-refractivity contribution in [2.75, 3.05) is 19.6 Å². The highest BCUT2D eigenvalue weighted by molar-refractivity contribution is 7.17. The van der Waals surface area contributed by atoms with E-state index in [0.29, 0.717) is 0 Å². The van der Waals surface area contributed by atoms with Crippen LogP contribution in [0.5, 0.6) is 0 Å². The van der Waals surface area contributed by atoms with E-state index in [4.69, 9.17) is 0 Å². The Bertz CT molecular complexity index is 612. The molecule has 0 bridgehead atoms. The minimum Gasteiger partial charge on any atom is -0.299 e. The highest BCUT2D eigenvalue weighted by atomic mass is 32.1. The molecule has 1 aliphatic heterocycles. The number of rotatable bonds is 5. The molecular formula is C14H21N5S. The summed E-state index contributed by atoms with van der Waals surface area (Å²) < 4.78 is 1.89. The molecule has 0 spiro atoms. The van der Waals surface area contributed by atoms with Gasteiger partial charge in [-0.15, -0.1) is 10.2 Å². The monoisotopic (exact) mass is 291 g/mol. The molecule has 6 heteroatoms. The van der Waals surface area contributed by atoms with Gasteiger partial charge in [0, 0.05) is 19.5 Å². The second-order valence-corrected chi connectivity index (χ2v) is 6.16. The molecule has 0 N–H and O–H groups in total. The Morgan fingerprint density at radius 1 is 1.30 bits per heavy atom. The van der Waals surface area contributed by atoms with Crippen molar-refractivity contribution in [3.8, 4) is 0 Å². The van der Waals surface area contributed by atoms with Gasteiger partial charge in [0.15, 0.2) is 5.82 Å². The van der Waals surface area contributed by atoms with Crippen molar-refractivity contribution in [2.45, 2.75) is 39.5 Å². The summed E-state index contributed by atoms with van der Waals surface area (Å²) in [5, 5.41) is 14.1. The van der Waals surface area contributed by atoms with Crippen molar-refractivity contribution in [1.29, 1.82) is 0 Å². The minimum atomic E-state index is 0.869. The van der Waals surface area contributed by atoms with Crippen molar-refractivity contribution >= 4 is 21.9 Å². The van der Waals surface area contributed by atoms with Crippen LogP contribution in [0, 0.1) is 0 Å². The molecule has 2 aromatic rings. The molecule has 0 saturated carbocycles. The molecule has 1 aliphatic rings. The Kier molecular flexibility index (Phi) is 4.12. The fourth-order valence-electron chi connectivity index (χ4n) is 2.50. The summed E-state index contributed by atoms with van der Waals surface area (Å²) in [6.07, 6.45) is 6.85. The fraction of sp³-hybridized carbons (Fsp3) is 0.643. The Labute approximate surface area is 123 Å². The van der Waals surface area contributed by atoms with Crippen LogP contribution in [0.15, 0.2) is 6.08 Å². The number of aryl methyl sites for hydroxylation is 1. The lowest BCUT2D eigenvalue weighted by molar-refractivity contribution is 0.297. The predicted octanol–water partition coefficient (Wildman–Crippen LogP) is 2.64. The van der Waals surface area contributed by atoms with Crippen LogP contribution < -0.4 is 0 Å². The quantitative estimate of drug-likeness (QED) is 0.849. The summed E-state index contributed by atoms with van der Waals surface area (Å²) in [5.41, 5.74) is 1.37. The van der Waals surface area contributed by atoms with Crippen molar-refractivity contribution in [1.82, 2.24) is 24.7 Å². The van der Waals surface area contributed by atoms with Crippen molar-refractivity contribution in [3.05, 3.63) is 16.9 Å². The Morgan fingerprint density at radius 3 is 2.90 bits per heavy atom. The predicted molar refractivity (Wildman–Crippen MR) is 82.0 cm³/mol. The molecule has 0 atom stereocenters. The van der Waals surface area contributed by atoms with Gasteiger partial charge in [-0.05, 0) is 25.0 Å². The van der Waals surface area contributed by atoms with Crippen LogP contribution in [0.4, 0.5) is 0 Å². The van der Waals surface area contributed by atoms with Crippen molar-refractivity contribution in [2.24, 2.45) is 0 Å². The van der Waals surface area contributed by atoms with Crippen molar-refractivity contribution < 1.29 is 0 Å². The zero-order valence-corrected chi connectivity index (χ0v) is 13.0. The maximum atomic E-state index is 4.68. The van der Waals surface area contributed by atoms with E-state index in [9.17, 15) is 0 Å². The third-order valence-electron chi connectivity index (χ3n) is 3.77. The van der Waals surface area contributed by atoms with Crippen LogP contribution in [0.25, 0.3) is 10.5 Å². The van der Waals surface area contributed by atoms with Crippen LogP contribution in [0.3, 0.4) is 0 Å². The number of fused-ring (bicyclic) bond motifs is 1. The van der Waals surface area contributed by atoms with Gasteiger partial charge >= 0.3 is 0 Å². The summed E-state index contributed by atoms with van der Waals surface area (Å²) in [4.78, 5) is 3.43. The van der Waals surface area contributed by atoms with E-state index < -0.39 is 0 Å². The maximum Gasteiger partial charge on any atom is 0.234 e. The average molecular weight is 291 g/mol. The lowest BCUT2D eigenvalue weighted by atomic mass is 10.1. The van der Waals surface area contributed by atoms with Crippen molar-refractivity contribution in [3.63, 3.8) is 0 Å². The number of nitrogens with zero attached hydrogens (tertiary/aromatic N) is 5. The topological polar surface area (TPSA) is 46.3 Å². The van der Waals surface area contributed by atoms with Crippen LogP contribution in [-0.4, -0.2) is 44.3 Å². The van der Waals surface area contributed by atoms with Gasteiger partial charge in [0.1, 0.15) is 5.01 Å². The first kappa shape index (κ1) is 13.7. The van der Waals surface area contributed by atoms with Gasteiger partial charge in [0.25, 0.3) is 0 Å². The largest absolute Gasteiger partial charge is 0.299 e. The third kappa shape index (κ3) is 2.62. The first-order chi connectivity index (χ1) is 9.81. The Morgan fingerprint density at radius 2 is 2.20 bits per heavy atom. The van der Waals surface area contributed by atoms with E-state index in [1.165, 1.54) is 25.0 Å². The molecule has 3 heterocycles. The van der Waals surface area contributed by atoms with Gasteiger partial charge in [-0.2, -0.15) is 9.61 Å². The number of hydrogen-bond acceptors (Lipinski definition) is 5. The number of unbranched alkanes of at least 4 members (excludes halogenated alkanes) is 1. The first-order valence-electron chi connectivity index (χ1n) is 7.44. The number of aromatic nitrogens is 4. The maximum absolute atomic E-state index is 4.68. The normalized spacial score (nSPS) is 16.8. The standard InChI is InChI=1S/C14H21N5S/c1-3-5-8-18-9-6-11(7-10-18)13-17-19-12(4-2)15-16-14(19)20-13/h6H,3-5,7-10H2,1-2H3. The molecule has 0 aliphatic carbocycles. The second kappa shape index (κ2) is 6.01. The summed E-state index contributed by atoms with van der Waals surface area (Å²) in [5.74, 6) is 0.948. The molecule has 0 saturated heterocycles. The lowest BCUT2D eigenvalue weighted by Crippen LogP contribution is -2.29. The van der Waals surface area contributed by atoms with Crippen LogP contribution in [0.1, 0.15) is 43.9 Å². The van der Waals surface area contributed by atoms with Crippen LogP contribution in [0.2, 0.25) is 0 Å². The molecule has 0 unspecified atom stereocenters. The molecule has 2 aromatic heterocycles. The molecule has 0 fully saturated rings. The summed E-state index contributed by atoms with van der Waals surface area (Å²) in [6, 6.07) is 0. The van der Waals surface area contributed by atoms with E-state index in [-0.39, 0.29) is 0 Å². The molecular weight excluding hydrogens is 270 g/mol. The van der Waals surface area contributed by atoms with Gasteiger partial charge < -0.3 is 0 Å². The molecule has 0 aromatic carbocycles. The summed E-state index contributed by atoms with van der Waals surface area (Å²) in [6.45, 7) is 7.74. The molecule has 0 radical (unpaired) electrons. The molecule has 5 nitrogen and oxygen atoms in total. The zero-order valence-electron chi connectivity index (χ0n) is 12.2. The summed E-state index contributed by atoms with van der Waals surface area (Å²) in [7, 11) is 0. The SMILES string of the molecule is CCCCN1CC=C(c2nn3c(CC)nnc3s2)CC1. The van der Waals surface area contributed by atoms with Gasteiger partial charge in [0.05, 0.1) is 0 Å². The van der Waals surface area contributed by atoms with E-state index in [1.54, 1.807) is 11.3 Å². The average Bonchev–Trinajstić information content (AvgIpc) is 3.05. The van der Waals surface area contributed by atoms with E-state index in [2.05, 4.69) is 40.1 Å².